The minimum atomic E-state index is 0.713. The summed E-state index contributed by atoms with van der Waals surface area (Å²) in [5, 5.41) is 1.31. The lowest BCUT2D eigenvalue weighted by molar-refractivity contribution is 0.967. The van der Waals surface area contributed by atoms with Crippen LogP contribution in [0.25, 0.3) is 10.9 Å². The molecule has 1 heterocycles. The van der Waals surface area contributed by atoms with Gasteiger partial charge in [0.05, 0.1) is 0 Å². The number of aromatic amines is 1. The number of nitrogens with two attached hydrogens (primary N) is 1. The van der Waals surface area contributed by atoms with Gasteiger partial charge in [-0.2, -0.15) is 0 Å². The lowest BCUT2D eigenvalue weighted by Crippen LogP contribution is -2.04. The van der Waals surface area contributed by atoms with Crippen LogP contribution in [0.4, 0.5) is 0 Å². The van der Waals surface area contributed by atoms with Crippen LogP contribution in [0.3, 0.4) is 0 Å². The lowest BCUT2D eigenvalue weighted by Gasteiger charge is -2.05. The van der Waals surface area contributed by atoms with Crippen LogP contribution in [0.1, 0.15) is 11.1 Å². The first-order valence-electron chi connectivity index (χ1n) is 4.58. The van der Waals surface area contributed by atoms with Crippen LogP contribution in [0, 0.1) is 6.92 Å². The molecule has 0 unspecified atom stereocenters. The van der Waals surface area contributed by atoms with E-state index in [0.29, 0.717) is 6.54 Å². The zero-order valence-electron chi connectivity index (χ0n) is 7.80. The average molecular weight is 174 g/mol. The number of aryl methyl sites for hydroxylation is 1. The molecule has 1 aromatic carbocycles. The summed E-state index contributed by atoms with van der Waals surface area (Å²) in [6.45, 7) is 2.85. The maximum absolute atomic E-state index is 5.58. The van der Waals surface area contributed by atoms with Crippen molar-refractivity contribution in [2.45, 2.75) is 13.3 Å². The molecular formula is C11H14N2. The predicted molar refractivity (Wildman–Crippen MR) is 55.8 cm³/mol. The second-order valence-corrected chi connectivity index (χ2v) is 3.34. The van der Waals surface area contributed by atoms with Gasteiger partial charge in [-0.1, -0.05) is 6.07 Å². The summed E-state index contributed by atoms with van der Waals surface area (Å²) >= 11 is 0. The summed E-state index contributed by atoms with van der Waals surface area (Å²) in [7, 11) is 0. The number of hydrogen-bond donors (Lipinski definition) is 2. The first-order valence-corrected chi connectivity index (χ1v) is 4.58. The van der Waals surface area contributed by atoms with Crippen LogP contribution in [0.2, 0.25) is 0 Å². The van der Waals surface area contributed by atoms with Gasteiger partial charge in [-0.05, 0) is 43.1 Å². The molecular weight excluding hydrogens is 160 g/mol. The molecule has 2 aromatic rings. The fourth-order valence-corrected chi connectivity index (χ4v) is 1.78. The molecule has 0 aliphatic heterocycles. The Morgan fingerprint density at radius 2 is 2.15 bits per heavy atom. The molecule has 0 aliphatic carbocycles. The third-order valence-corrected chi connectivity index (χ3v) is 2.47. The number of aromatic nitrogens is 1. The summed E-state index contributed by atoms with van der Waals surface area (Å²) in [4.78, 5) is 3.20. The Labute approximate surface area is 77.8 Å². The van der Waals surface area contributed by atoms with Crippen LogP contribution < -0.4 is 5.73 Å². The van der Waals surface area contributed by atoms with Gasteiger partial charge in [0.2, 0.25) is 0 Å². The smallest absolute Gasteiger partial charge is 0.0456 e. The molecule has 1 aromatic heterocycles. The lowest BCUT2D eigenvalue weighted by atomic mass is 10.0. The highest BCUT2D eigenvalue weighted by Crippen LogP contribution is 2.21. The molecule has 13 heavy (non-hydrogen) atoms. The van der Waals surface area contributed by atoms with Crippen LogP contribution in [0.5, 0.6) is 0 Å². The largest absolute Gasteiger partial charge is 0.361 e. The van der Waals surface area contributed by atoms with E-state index in [9.17, 15) is 0 Å². The van der Waals surface area contributed by atoms with Crippen molar-refractivity contribution >= 4 is 10.9 Å². The topological polar surface area (TPSA) is 41.8 Å². The monoisotopic (exact) mass is 174 g/mol. The van der Waals surface area contributed by atoms with E-state index >= 15 is 0 Å². The Bertz CT molecular complexity index is 415. The number of benzene rings is 1. The number of fused-ring (bicyclic) bond motifs is 1. The third-order valence-electron chi connectivity index (χ3n) is 2.47. The van der Waals surface area contributed by atoms with Gasteiger partial charge >= 0.3 is 0 Å². The van der Waals surface area contributed by atoms with Crippen LogP contribution >= 0.6 is 0 Å². The van der Waals surface area contributed by atoms with E-state index in [-0.39, 0.29) is 0 Å². The number of H-pyrrole nitrogens is 1. The van der Waals surface area contributed by atoms with Crippen LogP contribution in [-0.4, -0.2) is 11.5 Å². The normalized spacial score (nSPS) is 10.9. The molecule has 0 saturated heterocycles. The summed E-state index contributed by atoms with van der Waals surface area (Å²) in [5.41, 5.74) is 9.49. The summed E-state index contributed by atoms with van der Waals surface area (Å²) < 4.78 is 0. The zero-order valence-corrected chi connectivity index (χ0v) is 7.80. The van der Waals surface area contributed by atoms with Crippen LogP contribution in [-0.2, 0) is 6.42 Å². The predicted octanol–water partition coefficient (Wildman–Crippen LogP) is 1.98. The van der Waals surface area contributed by atoms with Gasteiger partial charge in [-0.25, -0.2) is 0 Å². The number of hydrogen-bond acceptors (Lipinski definition) is 1. The molecule has 0 fully saturated rings. The van der Waals surface area contributed by atoms with Crippen molar-refractivity contribution in [3.8, 4) is 0 Å². The van der Waals surface area contributed by atoms with Crippen molar-refractivity contribution in [2.75, 3.05) is 6.54 Å². The highest BCUT2D eigenvalue weighted by Gasteiger charge is 2.03. The molecule has 0 atom stereocenters. The van der Waals surface area contributed by atoms with E-state index in [1.54, 1.807) is 0 Å². The van der Waals surface area contributed by atoms with Crippen molar-refractivity contribution in [3.05, 3.63) is 35.5 Å². The van der Waals surface area contributed by atoms with E-state index < -0.39 is 0 Å². The Hall–Kier alpha value is -1.28. The fourth-order valence-electron chi connectivity index (χ4n) is 1.78. The number of rotatable bonds is 2. The van der Waals surface area contributed by atoms with Crippen molar-refractivity contribution in [1.29, 1.82) is 0 Å². The zero-order chi connectivity index (χ0) is 9.26. The van der Waals surface area contributed by atoms with Crippen molar-refractivity contribution in [2.24, 2.45) is 5.73 Å². The molecule has 0 saturated carbocycles. The van der Waals surface area contributed by atoms with Gasteiger partial charge in [0.15, 0.2) is 0 Å². The van der Waals surface area contributed by atoms with E-state index in [2.05, 4.69) is 30.1 Å². The maximum Gasteiger partial charge on any atom is 0.0456 e. The molecule has 2 nitrogen and oxygen atoms in total. The second kappa shape index (κ2) is 3.23. The Morgan fingerprint density at radius 3 is 2.92 bits per heavy atom. The highest BCUT2D eigenvalue weighted by atomic mass is 14.7. The SMILES string of the molecule is Cc1ccc2[nH]ccc2c1CCN. The highest BCUT2D eigenvalue weighted by molar-refractivity contribution is 5.84. The molecule has 0 bridgehead atoms. The quantitative estimate of drug-likeness (QED) is 0.718. The molecule has 0 radical (unpaired) electrons. The molecule has 0 amide bonds. The minimum Gasteiger partial charge on any atom is -0.361 e. The van der Waals surface area contributed by atoms with E-state index in [0.717, 1.165) is 6.42 Å². The van der Waals surface area contributed by atoms with Crippen molar-refractivity contribution in [3.63, 3.8) is 0 Å². The minimum absolute atomic E-state index is 0.713. The Morgan fingerprint density at radius 1 is 1.31 bits per heavy atom. The molecule has 68 valence electrons. The summed E-state index contributed by atoms with van der Waals surface area (Å²) in [5.74, 6) is 0. The van der Waals surface area contributed by atoms with Gasteiger partial charge in [0, 0.05) is 17.1 Å². The van der Waals surface area contributed by atoms with Gasteiger partial charge in [-0.15, -0.1) is 0 Å². The second-order valence-electron chi connectivity index (χ2n) is 3.34. The Kier molecular flexibility index (Phi) is 2.07. The first-order chi connectivity index (χ1) is 6.33. The molecule has 2 heteroatoms. The van der Waals surface area contributed by atoms with Crippen LogP contribution in [0.15, 0.2) is 24.4 Å². The average Bonchev–Trinajstić information content (AvgIpc) is 2.58. The van der Waals surface area contributed by atoms with Gasteiger partial charge in [-0.3, -0.25) is 0 Å². The third kappa shape index (κ3) is 1.33. The summed E-state index contributed by atoms with van der Waals surface area (Å²) in [6, 6.07) is 6.38. The van der Waals surface area contributed by atoms with E-state index in [1.165, 1.54) is 22.0 Å². The fraction of sp³-hybridized carbons (Fsp3) is 0.273. The maximum atomic E-state index is 5.58. The molecule has 0 spiro atoms. The first kappa shape index (κ1) is 8.32. The number of nitrogens with one attached hydrogen (secondary N) is 1. The van der Waals surface area contributed by atoms with Gasteiger partial charge in [0.1, 0.15) is 0 Å². The van der Waals surface area contributed by atoms with Crippen molar-refractivity contribution < 1.29 is 0 Å². The standard InChI is InChI=1S/C11H14N2/c1-8-2-3-11-10(5-7-13-11)9(8)4-6-12/h2-3,5,7,13H,4,6,12H2,1H3. The van der Waals surface area contributed by atoms with E-state index in [4.69, 9.17) is 5.73 Å². The van der Waals surface area contributed by atoms with Gasteiger partial charge < -0.3 is 10.7 Å². The van der Waals surface area contributed by atoms with Gasteiger partial charge in [0.25, 0.3) is 0 Å². The molecule has 3 N–H and O–H groups in total. The molecule has 0 aliphatic rings. The Balaban J connectivity index is 2.66. The summed E-state index contributed by atoms with van der Waals surface area (Å²) in [6.07, 6.45) is 2.94. The van der Waals surface area contributed by atoms with Crippen molar-refractivity contribution in [1.82, 2.24) is 4.98 Å². The molecule has 2 rings (SSSR count). The van der Waals surface area contributed by atoms with E-state index in [1.807, 2.05) is 6.20 Å².